The molecule has 2 aromatic rings. The Morgan fingerprint density at radius 2 is 1.96 bits per heavy atom. The lowest BCUT2D eigenvalue weighted by molar-refractivity contribution is 0.170. The van der Waals surface area contributed by atoms with Crippen molar-refractivity contribution in [2.24, 2.45) is 0 Å². The number of nitrogens with zero attached hydrogens (tertiary/aromatic N) is 3. The van der Waals surface area contributed by atoms with E-state index in [0.717, 1.165) is 31.6 Å². The molecular formula is C20H29N5O. The standard InChI is InChI=1S/C20H29N5O/c1-20(2,3)25-10-8-18(14-25)23-19(26)22-12-16-4-6-17(7-5-16)13-24-11-9-21-15-24/h4-7,9,11,15,18H,8,10,12-14H2,1-3H3,(H2,22,23,26). The van der Waals surface area contributed by atoms with Crippen molar-refractivity contribution < 1.29 is 4.79 Å². The van der Waals surface area contributed by atoms with Gasteiger partial charge in [0, 0.05) is 50.2 Å². The predicted octanol–water partition coefficient (Wildman–Crippen LogP) is 2.60. The van der Waals surface area contributed by atoms with E-state index < -0.39 is 0 Å². The minimum Gasteiger partial charge on any atom is -0.334 e. The van der Waals surface area contributed by atoms with Crippen LogP contribution >= 0.6 is 0 Å². The first-order valence-electron chi connectivity index (χ1n) is 9.23. The summed E-state index contributed by atoms with van der Waals surface area (Å²) in [6.07, 6.45) is 6.54. The Balaban J connectivity index is 1.42. The number of rotatable bonds is 5. The van der Waals surface area contributed by atoms with Crippen molar-refractivity contribution >= 4 is 6.03 Å². The zero-order valence-electron chi connectivity index (χ0n) is 15.9. The predicted molar refractivity (Wildman–Crippen MR) is 103 cm³/mol. The van der Waals surface area contributed by atoms with Gasteiger partial charge in [0.1, 0.15) is 0 Å². The number of hydrogen-bond donors (Lipinski definition) is 2. The number of aromatic nitrogens is 2. The van der Waals surface area contributed by atoms with E-state index >= 15 is 0 Å². The van der Waals surface area contributed by atoms with Crippen LogP contribution in [0.25, 0.3) is 0 Å². The average molecular weight is 355 g/mol. The number of imidazole rings is 1. The molecule has 26 heavy (non-hydrogen) atoms. The van der Waals surface area contributed by atoms with Crippen molar-refractivity contribution in [2.75, 3.05) is 13.1 Å². The fourth-order valence-electron chi connectivity index (χ4n) is 3.26. The van der Waals surface area contributed by atoms with Gasteiger partial charge in [-0.15, -0.1) is 0 Å². The second-order valence-electron chi connectivity index (χ2n) is 7.98. The fourth-order valence-corrected chi connectivity index (χ4v) is 3.26. The van der Waals surface area contributed by atoms with E-state index in [0.29, 0.717) is 6.54 Å². The molecule has 140 valence electrons. The molecule has 6 heteroatoms. The van der Waals surface area contributed by atoms with Crippen LogP contribution in [-0.4, -0.2) is 45.2 Å². The molecule has 3 rings (SSSR count). The molecule has 1 saturated heterocycles. The van der Waals surface area contributed by atoms with Crippen molar-refractivity contribution in [2.45, 2.75) is 51.9 Å². The summed E-state index contributed by atoms with van der Waals surface area (Å²) in [6, 6.07) is 8.44. The van der Waals surface area contributed by atoms with Gasteiger partial charge in [0.2, 0.25) is 0 Å². The zero-order chi connectivity index (χ0) is 18.6. The Morgan fingerprint density at radius 3 is 2.58 bits per heavy atom. The van der Waals surface area contributed by atoms with E-state index in [4.69, 9.17) is 0 Å². The minimum absolute atomic E-state index is 0.0896. The van der Waals surface area contributed by atoms with E-state index in [-0.39, 0.29) is 17.6 Å². The molecule has 6 nitrogen and oxygen atoms in total. The third kappa shape index (κ3) is 5.08. The Labute approximate surface area is 155 Å². The van der Waals surface area contributed by atoms with Gasteiger partial charge in [0.15, 0.2) is 0 Å². The second kappa shape index (κ2) is 7.91. The van der Waals surface area contributed by atoms with Gasteiger partial charge in [-0.2, -0.15) is 0 Å². The lowest BCUT2D eigenvalue weighted by atomic mass is 10.1. The van der Waals surface area contributed by atoms with Crippen molar-refractivity contribution in [3.8, 4) is 0 Å². The lowest BCUT2D eigenvalue weighted by Gasteiger charge is -2.31. The van der Waals surface area contributed by atoms with Crippen LogP contribution in [0.1, 0.15) is 38.3 Å². The quantitative estimate of drug-likeness (QED) is 0.867. The van der Waals surface area contributed by atoms with E-state index in [9.17, 15) is 4.79 Å². The molecule has 0 aliphatic carbocycles. The third-order valence-corrected chi connectivity index (χ3v) is 4.87. The second-order valence-corrected chi connectivity index (χ2v) is 7.98. The Hall–Kier alpha value is -2.34. The van der Waals surface area contributed by atoms with E-state index in [1.54, 1.807) is 6.20 Å². The number of amides is 2. The monoisotopic (exact) mass is 355 g/mol. The molecule has 1 fully saturated rings. The van der Waals surface area contributed by atoms with Gasteiger partial charge < -0.3 is 15.2 Å². The molecule has 1 unspecified atom stereocenters. The van der Waals surface area contributed by atoms with E-state index in [1.165, 1.54) is 5.56 Å². The third-order valence-electron chi connectivity index (χ3n) is 4.87. The number of urea groups is 1. The first-order valence-corrected chi connectivity index (χ1v) is 9.23. The fraction of sp³-hybridized carbons (Fsp3) is 0.500. The van der Waals surface area contributed by atoms with Crippen molar-refractivity contribution in [3.05, 3.63) is 54.1 Å². The van der Waals surface area contributed by atoms with Crippen LogP contribution in [0.4, 0.5) is 4.79 Å². The molecular weight excluding hydrogens is 326 g/mol. The Morgan fingerprint density at radius 1 is 1.23 bits per heavy atom. The highest BCUT2D eigenvalue weighted by Crippen LogP contribution is 2.20. The van der Waals surface area contributed by atoms with Gasteiger partial charge in [-0.1, -0.05) is 24.3 Å². The number of carbonyl (C=O) groups excluding carboxylic acids is 1. The van der Waals surface area contributed by atoms with Crippen LogP contribution in [-0.2, 0) is 13.1 Å². The minimum atomic E-state index is -0.0896. The van der Waals surface area contributed by atoms with Crippen LogP contribution in [0, 0.1) is 0 Å². The molecule has 1 atom stereocenters. The normalized spacial score (nSPS) is 18.0. The highest BCUT2D eigenvalue weighted by Gasteiger charge is 2.30. The Bertz CT molecular complexity index is 703. The van der Waals surface area contributed by atoms with Crippen LogP contribution < -0.4 is 10.6 Å². The van der Waals surface area contributed by atoms with Crippen LogP contribution in [0.2, 0.25) is 0 Å². The number of likely N-dealkylation sites (tertiary alicyclic amines) is 1. The van der Waals surface area contributed by atoms with Gasteiger partial charge in [-0.25, -0.2) is 9.78 Å². The maximum absolute atomic E-state index is 12.2. The van der Waals surface area contributed by atoms with Crippen LogP contribution in [0.3, 0.4) is 0 Å². The molecule has 2 N–H and O–H groups in total. The maximum Gasteiger partial charge on any atom is 0.315 e. The summed E-state index contributed by atoms with van der Waals surface area (Å²) in [4.78, 5) is 18.6. The van der Waals surface area contributed by atoms with Crippen LogP contribution in [0.5, 0.6) is 0 Å². The molecule has 2 amide bonds. The molecule has 0 saturated carbocycles. The Kier molecular flexibility index (Phi) is 5.61. The first-order chi connectivity index (χ1) is 12.4. The molecule has 1 aliphatic rings. The van der Waals surface area contributed by atoms with Crippen molar-refractivity contribution in [3.63, 3.8) is 0 Å². The van der Waals surface area contributed by atoms with Crippen molar-refractivity contribution in [1.82, 2.24) is 25.1 Å². The maximum atomic E-state index is 12.2. The number of carbonyl (C=O) groups is 1. The topological polar surface area (TPSA) is 62.2 Å². The highest BCUT2D eigenvalue weighted by atomic mass is 16.2. The molecule has 0 spiro atoms. The van der Waals surface area contributed by atoms with E-state index in [2.05, 4.69) is 65.6 Å². The molecule has 2 heterocycles. The summed E-state index contributed by atoms with van der Waals surface area (Å²) < 4.78 is 2.03. The van der Waals surface area contributed by atoms with Crippen molar-refractivity contribution in [1.29, 1.82) is 0 Å². The van der Waals surface area contributed by atoms with Gasteiger partial charge in [-0.05, 0) is 38.3 Å². The average Bonchev–Trinajstić information content (AvgIpc) is 3.26. The molecule has 1 aromatic carbocycles. The molecule has 1 aliphatic heterocycles. The van der Waals surface area contributed by atoms with Gasteiger partial charge in [-0.3, -0.25) is 4.90 Å². The largest absolute Gasteiger partial charge is 0.334 e. The summed E-state index contributed by atoms with van der Waals surface area (Å²) >= 11 is 0. The number of nitrogens with one attached hydrogen (secondary N) is 2. The molecule has 0 bridgehead atoms. The van der Waals surface area contributed by atoms with E-state index in [1.807, 2.05) is 17.1 Å². The van der Waals surface area contributed by atoms with Gasteiger partial charge in [0.05, 0.1) is 6.33 Å². The summed E-state index contributed by atoms with van der Waals surface area (Å²) in [6.45, 7) is 9.93. The summed E-state index contributed by atoms with van der Waals surface area (Å²) in [7, 11) is 0. The molecule has 1 aromatic heterocycles. The number of benzene rings is 1. The first kappa shape index (κ1) is 18.5. The zero-order valence-corrected chi connectivity index (χ0v) is 15.9. The number of hydrogen-bond acceptors (Lipinski definition) is 3. The van der Waals surface area contributed by atoms with Gasteiger partial charge in [0.25, 0.3) is 0 Å². The highest BCUT2D eigenvalue weighted by molar-refractivity contribution is 5.74. The summed E-state index contributed by atoms with van der Waals surface area (Å²) in [5, 5.41) is 6.05. The summed E-state index contributed by atoms with van der Waals surface area (Å²) in [5.41, 5.74) is 2.47. The van der Waals surface area contributed by atoms with Crippen LogP contribution in [0.15, 0.2) is 43.0 Å². The molecule has 0 radical (unpaired) electrons. The SMILES string of the molecule is CC(C)(C)N1CCC(NC(=O)NCc2ccc(Cn3ccnc3)cc2)C1. The summed E-state index contributed by atoms with van der Waals surface area (Å²) in [5.74, 6) is 0. The van der Waals surface area contributed by atoms with Gasteiger partial charge >= 0.3 is 6.03 Å². The smallest absolute Gasteiger partial charge is 0.315 e. The lowest BCUT2D eigenvalue weighted by Crippen LogP contribution is -2.45.